The zero-order chi connectivity index (χ0) is 14.2. The number of anilines is 1. The van der Waals surface area contributed by atoms with Crippen LogP contribution in [0.5, 0.6) is 0 Å². The Morgan fingerprint density at radius 3 is 2.58 bits per heavy atom. The van der Waals surface area contributed by atoms with Gasteiger partial charge in [-0.05, 0) is 47.9 Å². The standard InChI is InChI=1S/C13H18FN5/c1-7(2)9(4)19-13(16-17-18-19)11-6-10(15)5-8(3)12(11)14/h5-7,9H,15H2,1-4H3. The van der Waals surface area contributed by atoms with Gasteiger partial charge in [0.05, 0.1) is 11.6 Å². The predicted octanol–water partition coefficient (Wildman–Crippen LogP) is 2.59. The fourth-order valence-electron chi connectivity index (χ4n) is 1.89. The van der Waals surface area contributed by atoms with Crippen molar-refractivity contribution < 1.29 is 4.39 Å². The Balaban J connectivity index is 2.58. The van der Waals surface area contributed by atoms with Crippen LogP contribution in [0.1, 0.15) is 32.4 Å². The quantitative estimate of drug-likeness (QED) is 0.864. The van der Waals surface area contributed by atoms with Crippen LogP contribution in [-0.2, 0) is 0 Å². The minimum Gasteiger partial charge on any atom is -0.399 e. The molecule has 0 amide bonds. The minimum absolute atomic E-state index is 0.0751. The molecule has 0 spiro atoms. The van der Waals surface area contributed by atoms with Gasteiger partial charge in [-0.2, -0.15) is 0 Å². The van der Waals surface area contributed by atoms with Crippen molar-refractivity contribution >= 4 is 5.69 Å². The summed E-state index contributed by atoms with van der Waals surface area (Å²) in [5, 5.41) is 11.6. The van der Waals surface area contributed by atoms with Crippen LogP contribution in [0.3, 0.4) is 0 Å². The van der Waals surface area contributed by atoms with Gasteiger partial charge in [0, 0.05) is 5.69 Å². The summed E-state index contributed by atoms with van der Waals surface area (Å²) in [4.78, 5) is 0. The summed E-state index contributed by atoms with van der Waals surface area (Å²) >= 11 is 0. The van der Waals surface area contributed by atoms with Gasteiger partial charge in [0.2, 0.25) is 0 Å². The second kappa shape index (κ2) is 4.95. The van der Waals surface area contributed by atoms with Crippen molar-refractivity contribution in [3.8, 4) is 11.4 Å². The average Bonchev–Trinajstić information content (AvgIpc) is 2.81. The fraction of sp³-hybridized carbons (Fsp3) is 0.462. The molecule has 1 aromatic heterocycles. The summed E-state index contributed by atoms with van der Waals surface area (Å²) < 4.78 is 15.9. The van der Waals surface area contributed by atoms with Gasteiger partial charge in [0.15, 0.2) is 5.82 Å². The number of hydrogen-bond acceptors (Lipinski definition) is 4. The number of nitrogens with two attached hydrogens (primary N) is 1. The second-order valence-corrected chi connectivity index (χ2v) is 5.13. The molecule has 6 heteroatoms. The highest BCUT2D eigenvalue weighted by molar-refractivity contribution is 5.63. The summed E-state index contributed by atoms with van der Waals surface area (Å²) in [5.74, 6) is 0.419. The monoisotopic (exact) mass is 263 g/mol. The molecule has 2 aromatic rings. The molecule has 2 rings (SSSR count). The van der Waals surface area contributed by atoms with E-state index in [1.807, 2.05) is 6.92 Å². The number of benzene rings is 1. The van der Waals surface area contributed by atoms with Gasteiger partial charge in [-0.25, -0.2) is 9.07 Å². The molecule has 2 N–H and O–H groups in total. The van der Waals surface area contributed by atoms with Crippen LogP contribution in [0.2, 0.25) is 0 Å². The highest BCUT2D eigenvalue weighted by Gasteiger charge is 2.20. The van der Waals surface area contributed by atoms with E-state index < -0.39 is 0 Å². The molecule has 0 aliphatic heterocycles. The van der Waals surface area contributed by atoms with E-state index in [1.165, 1.54) is 0 Å². The number of rotatable bonds is 3. The van der Waals surface area contributed by atoms with E-state index in [4.69, 9.17) is 5.73 Å². The van der Waals surface area contributed by atoms with Crippen LogP contribution in [0.4, 0.5) is 10.1 Å². The van der Waals surface area contributed by atoms with Crippen LogP contribution >= 0.6 is 0 Å². The van der Waals surface area contributed by atoms with Crippen LogP contribution in [0.25, 0.3) is 11.4 Å². The fourth-order valence-corrected chi connectivity index (χ4v) is 1.89. The van der Waals surface area contributed by atoms with Gasteiger partial charge in [0.1, 0.15) is 5.82 Å². The maximum Gasteiger partial charge on any atom is 0.185 e. The zero-order valence-corrected chi connectivity index (χ0v) is 11.6. The summed E-state index contributed by atoms with van der Waals surface area (Å²) in [6.07, 6.45) is 0. The van der Waals surface area contributed by atoms with Gasteiger partial charge >= 0.3 is 0 Å². The van der Waals surface area contributed by atoms with E-state index in [9.17, 15) is 4.39 Å². The predicted molar refractivity (Wildman–Crippen MR) is 71.9 cm³/mol. The number of nitrogen functional groups attached to an aromatic ring is 1. The second-order valence-electron chi connectivity index (χ2n) is 5.13. The van der Waals surface area contributed by atoms with Crippen LogP contribution in [-0.4, -0.2) is 20.2 Å². The maximum atomic E-state index is 14.2. The van der Waals surface area contributed by atoms with E-state index in [2.05, 4.69) is 29.4 Å². The lowest BCUT2D eigenvalue weighted by molar-refractivity contribution is 0.371. The number of aromatic nitrogens is 4. The van der Waals surface area contributed by atoms with Gasteiger partial charge in [0.25, 0.3) is 0 Å². The summed E-state index contributed by atoms with van der Waals surface area (Å²) in [5.41, 5.74) is 7.11. The lowest BCUT2D eigenvalue weighted by atomic mass is 10.1. The van der Waals surface area contributed by atoms with Crippen molar-refractivity contribution in [1.82, 2.24) is 20.2 Å². The van der Waals surface area contributed by atoms with Crippen LogP contribution in [0, 0.1) is 18.7 Å². The molecule has 0 bridgehead atoms. The van der Waals surface area contributed by atoms with Crippen molar-refractivity contribution in [2.75, 3.05) is 5.73 Å². The number of tetrazole rings is 1. The average molecular weight is 263 g/mol. The molecule has 1 atom stereocenters. The van der Waals surface area contributed by atoms with Crippen molar-refractivity contribution in [3.05, 3.63) is 23.5 Å². The molecule has 0 fully saturated rings. The Kier molecular flexibility index (Phi) is 3.50. The van der Waals surface area contributed by atoms with Gasteiger partial charge < -0.3 is 5.73 Å². The summed E-state index contributed by atoms with van der Waals surface area (Å²) in [7, 11) is 0. The first-order valence-electron chi connectivity index (χ1n) is 6.25. The highest BCUT2D eigenvalue weighted by Crippen LogP contribution is 2.28. The number of aryl methyl sites for hydroxylation is 1. The Hall–Kier alpha value is -1.98. The normalized spacial score (nSPS) is 12.9. The third kappa shape index (κ3) is 2.43. The molecular formula is C13H18FN5. The van der Waals surface area contributed by atoms with E-state index in [0.717, 1.165) is 0 Å². The van der Waals surface area contributed by atoms with E-state index in [1.54, 1.807) is 23.7 Å². The molecule has 1 unspecified atom stereocenters. The number of hydrogen-bond donors (Lipinski definition) is 1. The smallest absolute Gasteiger partial charge is 0.185 e. The Morgan fingerprint density at radius 1 is 1.26 bits per heavy atom. The molecule has 0 aliphatic carbocycles. The van der Waals surface area contributed by atoms with Crippen molar-refractivity contribution in [2.24, 2.45) is 5.92 Å². The van der Waals surface area contributed by atoms with Gasteiger partial charge in [-0.3, -0.25) is 0 Å². The molecule has 0 saturated heterocycles. The van der Waals surface area contributed by atoms with Gasteiger partial charge in [-0.1, -0.05) is 13.8 Å². The van der Waals surface area contributed by atoms with E-state index >= 15 is 0 Å². The molecule has 0 radical (unpaired) electrons. The van der Waals surface area contributed by atoms with Crippen molar-refractivity contribution in [1.29, 1.82) is 0 Å². The first kappa shape index (κ1) is 13.5. The van der Waals surface area contributed by atoms with Crippen molar-refractivity contribution in [2.45, 2.75) is 33.7 Å². The van der Waals surface area contributed by atoms with E-state index in [0.29, 0.717) is 28.6 Å². The maximum absolute atomic E-state index is 14.2. The van der Waals surface area contributed by atoms with Crippen LogP contribution in [0.15, 0.2) is 12.1 Å². The molecule has 19 heavy (non-hydrogen) atoms. The summed E-state index contributed by atoms with van der Waals surface area (Å²) in [6, 6.07) is 3.24. The third-order valence-corrected chi connectivity index (χ3v) is 3.36. The molecule has 0 aliphatic rings. The SMILES string of the molecule is Cc1cc(N)cc(-c2nnnn2C(C)C(C)C)c1F. The number of nitrogens with zero attached hydrogens (tertiary/aromatic N) is 4. The Bertz CT molecular complexity index is 591. The molecule has 5 nitrogen and oxygen atoms in total. The molecule has 1 aromatic carbocycles. The molecule has 1 heterocycles. The highest BCUT2D eigenvalue weighted by atomic mass is 19.1. The lowest BCUT2D eigenvalue weighted by Crippen LogP contribution is -2.15. The van der Waals surface area contributed by atoms with Gasteiger partial charge in [-0.15, -0.1) is 5.10 Å². The Labute approximate surface area is 111 Å². The van der Waals surface area contributed by atoms with E-state index in [-0.39, 0.29) is 11.9 Å². The molecule has 0 saturated carbocycles. The lowest BCUT2D eigenvalue weighted by Gasteiger charge is -2.17. The first-order chi connectivity index (χ1) is 8.91. The first-order valence-corrected chi connectivity index (χ1v) is 6.25. The summed E-state index contributed by atoms with van der Waals surface area (Å²) in [6.45, 7) is 7.81. The number of halogens is 1. The van der Waals surface area contributed by atoms with Crippen molar-refractivity contribution in [3.63, 3.8) is 0 Å². The largest absolute Gasteiger partial charge is 0.399 e. The zero-order valence-electron chi connectivity index (χ0n) is 11.6. The van der Waals surface area contributed by atoms with Crippen LogP contribution < -0.4 is 5.73 Å². The topological polar surface area (TPSA) is 69.6 Å². The molecular weight excluding hydrogens is 245 g/mol. The third-order valence-electron chi connectivity index (χ3n) is 3.36. The molecule has 102 valence electrons. The Morgan fingerprint density at radius 2 is 1.95 bits per heavy atom. The minimum atomic E-state index is -0.332.